The van der Waals surface area contributed by atoms with Crippen LogP contribution in [0.5, 0.6) is 0 Å². The quantitative estimate of drug-likeness (QED) is 0.395. The molecule has 6 heteroatoms. The number of nitrogens with zero attached hydrogens (tertiary/aromatic N) is 1. The molecule has 0 fully saturated rings. The number of nitrogens with one attached hydrogen (secondary N) is 1. The molecule has 108 valence electrons. The Morgan fingerprint density at radius 1 is 1.14 bits per heavy atom. The van der Waals surface area contributed by atoms with Crippen LogP contribution in [-0.2, 0) is 0 Å². The minimum Gasteiger partial charge on any atom is -0.324 e. The van der Waals surface area contributed by atoms with Gasteiger partial charge in [-0.3, -0.25) is 20.3 Å². The summed E-state index contributed by atoms with van der Waals surface area (Å²) in [5.74, 6) is 4.87. The molecule has 0 aromatic heterocycles. The SMILES string of the molecule is C=CCN1C(=O)c2cccc3c(NN)ccc(c23)C1=O.Cl. The highest BCUT2D eigenvalue weighted by Crippen LogP contribution is 2.33. The van der Waals surface area contributed by atoms with Gasteiger partial charge in [-0.2, -0.15) is 0 Å². The molecule has 1 aliphatic heterocycles. The fourth-order valence-corrected chi connectivity index (χ4v) is 2.57. The van der Waals surface area contributed by atoms with E-state index in [4.69, 9.17) is 5.84 Å². The van der Waals surface area contributed by atoms with Gasteiger partial charge in [-0.15, -0.1) is 19.0 Å². The molecular formula is C15H14ClN3O2. The van der Waals surface area contributed by atoms with Crippen molar-refractivity contribution in [2.45, 2.75) is 0 Å². The number of amides is 2. The van der Waals surface area contributed by atoms with Crippen LogP contribution in [0.25, 0.3) is 10.8 Å². The van der Waals surface area contributed by atoms with Gasteiger partial charge in [0.15, 0.2) is 0 Å². The zero-order valence-electron chi connectivity index (χ0n) is 11.1. The third-order valence-corrected chi connectivity index (χ3v) is 3.46. The lowest BCUT2D eigenvalue weighted by atomic mass is 9.93. The Bertz CT molecular complexity index is 736. The molecule has 2 aromatic rings. The van der Waals surface area contributed by atoms with Crippen molar-refractivity contribution in [2.75, 3.05) is 12.0 Å². The number of carbonyl (C=O) groups excluding carboxylic acids is 2. The summed E-state index contributed by atoms with van der Waals surface area (Å²) in [5.41, 5.74) is 4.29. The number of halogens is 1. The summed E-state index contributed by atoms with van der Waals surface area (Å²) >= 11 is 0. The molecule has 0 saturated heterocycles. The van der Waals surface area contributed by atoms with Crippen LogP contribution < -0.4 is 11.3 Å². The van der Waals surface area contributed by atoms with Crippen molar-refractivity contribution >= 4 is 40.7 Å². The molecule has 0 radical (unpaired) electrons. The number of anilines is 1. The van der Waals surface area contributed by atoms with Gasteiger partial charge < -0.3 is 5.43 Å². The van der Waals surface area contributed by atoms with Crippen LogP contribution in [0.1, 0.15) is 20.7 Å². The van der Waals surface area contributed by atoms with Crippen LogP contribution in [0.2, 0.25) is 0 Å². The summed E-state index contributed by atoms with van der Waals surface area (Å²) in [5, 5.41) is 1.42. The average Bonchev–Trinajstić information content (AvgIpc) is 2.48. The number of hydrazine groups is 1. The second-order valence-electron chi connectivity index (χ2n) is 4.54. The first-order valence-electron chi connectivity index (χ1n) is 6.18. The minimum atomic E-state index is -0.304. The number of hydrogen-bond donors (Lipinski definition) is 2. The van der Waals surface area contributed by atoms with Crippen LogP contribution in [0.3, 0.4) is 0 Å². The summed E-state index contributed by atoms with van der Waals surface area (Å²) in [6.45, 7) is 3.78. The lowest BCUT2D eigenvalue weighted by Gasteiger charge is -2.26. The van der Waals surface area contributed by atoms with Crippen LogP contribution in [0.15, 0.2) is 43.0 Å². The lowest BCUT2D eigenvalue weighted by molar-refractivity contribution is 0.0629. The van der Waals surface area contributed by atoms with Crippen LogP contribution in [0, 0.1) is 0 Å². The van der Waals surface area contributed by atoms with Gasteiger partial charge in [-0.05, 0) is 18.2 Å². The highest BCUT2D eigenvalue weighted by molar-refractivity contribution is 6.26. The Hall–Kier alpha value is -2.37. The molecule has 0 saturated carbocycles. The second-order valence-corrected chi connectivity index (χ2v) is 4.54. The number of nitrogen functional groups attached to an aromatic ring is 1. The van der Waals surface area contributed by atoms with Crippen LogP contribution >= 0.6 is 12.4 Å². The molecule has 3 N–H and O–H groups in total. The molecule has 2 aromatic carbocycles. The lowest BCUT2D eigenvalue weighted by Crippen LogP contribution is -2.40. The number of rotatable bonds is 3. The van der Waals surface area contributed by atoms with Gasteiger partial charge in [-0.1, -0.05) is 18.2 Å². The van der Waals surface area contributed by atoms with Gasteiger partial charge in [0.1, 0.15) is 0 Å². The zero-order valence-corrected chi connectivity index (χ0v) is 11.9. The maximum absolute atomic E-state index is 12.4. The predicted octanol–water partition coefficient (Wildman–Crippen LogP) is 2.33. The van der Waals surface area contributed by atoms with E-state index in [1.54, 1.807) is 24.3 Å². The molecule has 0 atom stereocenters. The third-order valence-electron chi connectivity index (χ3n) is 3.46. The Morgan fingerprint density at radius 2 is 1.81 bits per heavy atom. The number of imide groups is 1. The van der Waals surface area contributed by atoms with E-state index in [2.05, 4.69) is 12.0 Å². The maximum Gasteiger partial charge on any atom is 0.261 e. The highest BCUT2D eigenvalue weighted by atomic mass is 35.5. The normalized spacial score (nSPS) is 13.1. The Balaban J connectivity index is 0.00000161. The first-order chi connectivity index (χ1) is 9.69. The highest BCUT2D eigenvalue weighted by Gasteiger charge is 2.32. The monoisotopic (exact) mass is 303 g/mol. The average molecular weight is 304 g/mol. The molecular weight excluding hydrogens is 290 g/mol. The Kier molecular flexibility index (Phi) is 3.97. The third kappa shape index (κ3) is 2.07. The summed E-state index contributed by atoms with van der Waals surface area (Å²) < 4.78 is 0. The van der Waals surface area contributed by atoms with Crippen LogP contribution in [-0.4, -0.2) is 23.3 Å². The van der Waals surface area contributed by atoms with Crippen molar-refractivity contribution in [3.05, 3.63) is 54.1 Å². The van der Waals surface area contributed by atoms with Crippen LogP contribution in [0.4, 0.5) is 5.69 Å². The number of nitrogens with two attached hydrogens (primary N) is 1. The fourth-order valence-electron chi connectivity index (χ4n) is 2.57. The van der Waals surface area contributed by atoms with E-state index in [1.165, 1.54) is 11.0 Å². The number of hydrogen-bond acceptors (Lipinski definition) is 4. The van der Waals surface area contributed by atoms with E-state index in [0.29, 0.717) is 22.2 Å². The zero-order chi connectivity index (χ0) is 14.3. The van der Waals surface area contributed by atoms with Gasteiger partial charge >= 0.3 is 0 Å². The molecule has 5 nitrogen and oxygen atoms in total. The van der Waals surface area contributed by atoms with E-state index in [0.717, 1.165) is 5.39 Å². The summed E-state index contributed by atoms with van der Waals surface area (Å²) in [6, 6.07) is 8.76. The molecule has 21 heavy (non-hydrogen) atoms. The molecule has 0 bridgehead atoms. The maximum atomic E-state index is 12.4. The number of benzene rings is 2. The minimum absolute atomic E-state index is 0. The molecule has 0 unspecified atom stereocenters. The van der Waals surface area contributed by atoms with Crippen molar-refractivity contribution in [1.29, 1.82) is 0 Å². The van der Waals surface area contributed by atoms with Crippen molar-refractivity contribution in [3.63, 3.8) is 0 Å². The second kappa shape index (κ2) is 5.55. The summed E-state index contributed by atoms with van der Waals surface area (Å²) in [4.78, 5) is 26.0. The topological polar surface area (TPSA) is 75.4 Å². The molecule has 0 spiro atoms. The van der Waals surface area contributed by atoms with Crippen molar-refractivity contribution in [3.8, 4) is 0 Å². The van der Waals surface area contributed by atoms with Gasteiger partial charge in [0.05, 0.1) is 5.69 Å². The summed E-state index contributed by atoms with van der Waals surface area (Å²) in [6.07, 6.45) is 1.54. The van der Waals surface area contributed by atoms with E-state index >= 15 is 0 Å². The van der Waals surface area contributed by atoms with Gasteiger partial charge in [0, 0.05) is 28.4 Å². The van der Waals surface area contributed by atoms with E-state index < -0.39 is 0 Å². The van der Waals surface area contributed by atoms with E-state index in [9.17, 15) is 9.59 Å². The van der Waals surface area contributed by atoms with Crippen molar-refractivity contribution in [2.24, 2.45) is 5.84 Å². The van der Waals surface area contributed by atoms with Gasteiger partial charge in [-0.25, -0.2) is 0 Å². The Labute approximate surface area is 127 Å². The molecule has 2 amide bonds. The van der Waals surface area contributed by atoms with Gasteiger partial charge in [0.25, 0.3) is 11.8 Å². The first kappa shape index (κ1) is 15.0. The van der Waals surface area contributed by atoms with E-state index in [-0.39, 0.29) is 30.8 Å². The standard InChI is InChI=1S/C15H13N3O2.ClH/c1-2-8-18-14(19)10-5-3-4-9-12(17-16)7-6-11(13(9)10)15(18)20;/h2-7,17H,1,8,16H2;1H. The summed E-state index contributed by atoms with van der Waals surface area (Å²) in [7, 11) is 0. The van der Waals surface area contributed by atoms with Crippen molar-refractivity contribution in [1.82, 2.24) is 4.90 Å². The van der Waals surface area contributed by atoms with E-state index in [1.807, 2.05) is 6.07 Å². The smallest absolute Gasteiger partial charge is 0.261 e. The van der Waals surface area contributed by atoms with Crippen molar-refractivity contribution < 1.29 is 9.59 Å². The molecule has 3 rings (SSSR count). The fraction of sp³-hybridized carbons (Fsp3) is 0.0667. The predicted molar refractivity (Wildman–Crippen MR) is 84.6 cm³/mol. The number of carbonyl (C=O) groups is 2. The Morgan fingerprint density at radius 3 is 2.43 bits per heavy atom. The largest absolute Gasteiger partial charge is 0.324 e. The molecule has 0 aliphatic carbocycles. The first-order valence-corrected chi connectivity index (χ1v) is 6.18. The van der Waals surface area contributed by atoms with Gasteiger partial charge in [0.2, 0.25) is 0 Å². The molecule has 1 aliphatic rings. The molecule has 1 heterocycles.